The minimum atomic E-state index is -0.624. The third-order valence-corrected chi connectivity index (χ3v) is 6.78. The molecule has 1 aliphatic heterocycles. The molecule has 0 bridgehead atoms. The molecule has 36 heavy (non-hydrogen) atoms. The Bertz CT molecular complexity index is 1130. The molecule has 3 aromatic rings. The van der Waals surface area contributed by atoms with Crippen molar-refractivity contribution in [1.29, 1.82) is 0 Å². The van der Waals surface area contributed by atoms with Gasteiger partial charge < -0.3 is 19.5 Å². The molecular weight excluding hydrogens is 457 g/mol. The number of para-hydroxylation sites is 1. The molecule has 0 amide bonds. The van der Waals surface area contributed by atoms with Crippen LogP contribution >= 0.6 is 0 Å². The summed E-state index contributed by atoms with van der Waals surface area (Å²) in [6.45, 7) is 2.20. The van der Waals surface area contributed by atoms with Crippen LogP contribution in [0.15, 0.2) is 72.8 Å². The molecule has 6 heteroatoms. The molecule has 1 aliphatic rings. The van der Waals surface area contributed by atoms with E-state index in [1.54, 1.807) is 19.2 Å². The normalized spacial score (nSPS) is 15.4. The van der Waals surface area contributed by atoms with Crippen molar-refractivity contribution in [3.05, 3.63) is 95.3 Å². The van der Waals surface area contributed by atoms with E-state index >= 15 is 0 Å². The Morgan fingerprint density at radius 1 is 1.03 bits per heavy atom. The van der Waals surface area contributed by atoms with Gasteiger partial charge in [0, 0.05) is 18.0 Å². The zero-order valence-electron chi connectivity index (χ0n) is 20.7. The molecule has 1 N–H and O–H groups in total. The predicted molar refractivity (Wildman–Crippen MR) is 138 cm³/mol. The van der Waals surface area contributed by atoms with E-state index in [9.17, 15) is 14.3 Å². The number of aliphatic hydroxyl groups is 1. The van der Waals surface area contributed by atoms with Crippen molar-refractivity contribution >= 4 is 5.78 Å². The molecule has 5 nitrogen and oxygen atoms in total. The van der Waals surface area contributed by atoms with E-state index in [0.29, 0.717) is 12.1 Å². The molecule has 1 atom stereocenters. The minimum absolute atomic E-state index is 0.0587. The van der Waals surface area contributed by atoms with Crippen molar-refractivity contribution in [2.24, 2.45) is 5.92 Å². The van der Waals surface area contributed by atoms with Gasteiger partial charge in [-0.05, 0) is 92.4 Å². The number of carbonyl (C=O) groups is 1. The zero-order chi connectivity index (χ0) is 25.3. The van der Waals surface area contributed by atoms with E-state index in [1.165, 1.54) is 17.7 Å². The predicted octanol–water partition coefficient (Wildman–Crippen LogP) is 4.95. The second kappa shape index (κ2) is 12.7. The third-order valence-electron chi connectivity index (χ3n) is 6.78. The maximum atomic E-state index is 13.1. The fourth-order valence-electron chi connectivity index (χ4n) is 4.72. The molecule has 0 aromatic heterocycles. The Kier molecular flexibility index (Phi) is 9.09. The SMILES string of the molecule is COc1cccc(CCc2ccccc2OCC(O)CN2CCC(C(=O)c3ccc(F)cc3)CC2)c1. The summed E-state index contributed by atoms with van der Waals surface area (Å²) in [5, 5.41) is 10.6. The number of hydrogen-bond donors (Lipinski definition) is 1. The number of ketones is 1. The second-order valence-electron chi connectivity index (χ2n) is 9.37. The molecule has 3 aromatic carbocycles. The van der Waals surface area contributed by atoms with Crippen LogP contribution in [0.3, 0.4) is 0 Å². The molecule has 1 saturated heterocycles. The van der Waals surface area contributed by atoms with Crippen LogP contribution in [0, 0.1) is 11.7 Å². The molecular formula is C30H34FNO4. The van der Waals surface area contributed by atoms with Crippen LogP contribution < -0.4 is 9.47 Å². The van der Waals surface area contributed by atoms with Gasteiger partial charge >= 0.3 is 0 Å². The number of likely N-dealkylation sites (tertiary alicyclic amines) is 1. The lowest BCUT2D eigenvalue weighted by Gasteiger charge is -2.32. The number of halogens is 1. The Hall–Kier alpha value is -3.22. The van der Waals surface area contributed by atoms with Gasteiger partial charge in [0.15, 0.2) is 5.78 Å². The number of aryl methyl sites for hydroxylation is 2. The fraction of sp³-hybridized carbons (Fsp3) is 0.367. The van der Waals surface area contributed by atoms with Crippen LogP contribution in [0.2, 0.25) is 0 Å². The summed E-state index contributed by atoms with van der Waals surface area (Å²) in [6.07, 6.45) is 2.54. The van der Waals surface area contributed by atoms with Gasteiger partial charge in [0.25, 0.3) is 0 Å². The van der Waals surface area contributed by atoms with E-state index in [-0.39, 0.29) is 24.1 Å². The number of benzene rings is 3. The fourth-order valence-corrected chi connectivity index (χ4v) is 4.72. The van der Waals surface area contributed by atoms with Crippen LogP contribution in [0.5, 0.6) is 11.5 Å². The summed E-state index contributed by atoms with van der Waals surface area (Å²) >= 11 is 0. The summed E-state index contributed by atoms with van der Waals surface area (Å²) in [5.74, 6) is 1.32. The second-order valence-corrected chi connectivity index (χ2v) is 9.37. The summed E-state index contributed by atoms with van der Waals surface area (Å²) < 4.78 is 24.5. The summed E-state index contributed by atoms with van der Waals surface area (Å²) in [4.78, 5) is 14.9. The minimum Gasteiger partial charge on any atom is -0.497 e. The molecule has 1 unspecified atom stereocenters. The van der Waals surface area contributed by atoms with Crippen LogP contribution in [0.1, 0.15) is 34.3 Å². The molecule has 4 rings (SSSR count). The Morgan fingerprint density at radius 2 is 1.78 bits per heavy atom. The van der Waals surface area contributed by atoms with E-state index < -0.39 is 6.10 Å². The lowest BCUT2D eigenvalue weighted by molar-refractivity contribution is 0.0522. The van der Waals surface area contributed by atoms with Gasteiger partial charge in [0.2, 0.25) is 0 Å². The lowest BCUT2D eigenvalue weighted by atomic mass is 9.89. The van der Waals surface area contributed by atoms with E-state index in [2.05, 4.69) is 17.0 Å². The highest BCUT2D eigenvalue weighted by Gasteiger charge is 2.26. The maximum Gasteiger partial charge on any atom is 0.166 e. The zero-order valence-corrected chi connectivity index (χ0v) is 20.7. The monoisotopic (exact) mass is 491 g/mol. The first kappa shape index (κ1) is 25.9. The van der Waals surface area contributed by atoms with Crippen molar-refractivity contribution in [1.82, 2.24) is 4.90 Å². The molecule has 1 heterocycles. The third kappa shape index (κ3) is 7.15. The first-order chi connectivity index (χ1) is 17.5. The Balaban J connectivity index is 1.22. The quantitative estimate of drug-likeness (QED) is 0.385. The van der Waals surface area contributed by atoms with Crippen LogP contribution in [0.25, 0.3) is 0 Å². The average molecular weight is 492 g/mol. The molecule has 0 spiro atoms. The smallest absolute Gasteiger partial charge is 0.166 e. The van der Waals surface area contributed by atoms with Gasteiger partial charge in [-0.25, -0.2) is 4.39 Å². The van der Waals surface area contributed by atoms with Gasteiger partial charge in [-0.2, -0.15) is 0 Å². The van der Waals surface area contributed by atoms with Crippen LogP contribution in [-0.4, -0.2) is 55.2 Å². The largest absolute Gasteiger partial charge is 0.497 e. The number of methoxy groups -OCH3 is 1. The highest BCUT2D eigenvalue weighted by molar-refractivity contribution is 5.97. The van der Waals surface area contributed by atoms with Crippen molar-refractivity contribution in [3.8, 4) is 11.5 Å². The van der Waals surface area contributed by atoms with Gasteiger partial charge in [0.1, 0.15) is 30.0 Å². The summed E-state index contributed by atoms with van der Waals surface area (Å²) in [6, 6.07) is 21.8. The number of rotatable bonds is 11. The topological polar surface area (TPSA) is 59.0 Å². The molecule has 1 fully saturated rings. The van der Waals surface area contributed by atoms with Crippen molar-refractivity contribution in [3.63, 3.8) is 0 Å². The average Bonchev–Trinajstić information content (AvgIpc) is 2.92. The van der Waals surface area contributed by atoms with E-state index in [1.807, 2.05) is 36.4 Å². The Labute approximate surface area is 212 Å². The molecule has 0 radical (unpaired) electrons. The van der Waals surface area contributed by atoms with Gasteiger partial charge in [-0.15, -0.1) is 0 Å². The van der Waals surface area contributed by atoms with Crippen molar-refractivity contribution in [2.45, 2.75) is 31.8 Å². The number of hydrogen-bond acceptors (Lipinski definition) is 5. The van der Waals surface area contributed by atoms with Crippen molar-refractivity contribution in [2.75, 3.05) is 33.4 Å². The molecule has 190 valence electrons. The first-order valence-electron chi connectivity index (χ1n) is 12.6. The molecule has 0 aliphatic carbocycles. The number of ether oxygens (including phenoxy) is 2. The van der Waals surface area contributed by atoms with Gasteiger partial charge in [-0.3, -0.25) is 4.79 Å². The first-order valence-corrected chi connectivity index (χ1v) is 12.6. The number of aliphatic hydroxyl groups excluding tert-OH is 1. The van der Waals surface area contributed by atoms with Crippen LogP contribution in [-0.2, 0) is 12.8 Å². The lowest BCUT2D eigenvalue weighted by Crippen LogP contribution is -2.42. The molecule has 0 saturated carbocycles. The highest BCUT2D eigenvalue weighted by atomic mass is 19.1. The standard InChI is InChI=1S/C30H34FNO4/c1-35-28-7-4-5-22(19-28)9-10-23-6-2-3-8-29(23)36-21-27(33)20-32-17-15-25(16-18-32)30(34)24-11-13-26(31)14-12-24/h2-8,11-14,19,25,27,33H,9-10,15-18,20-21H2,1H3. The van der Waals surface area contributed by atoms with Gasteiger partial charge in [0.05, 0.1) is 7.11 Å². The van der Waals surface area contributed by atoms with Crippen molar-refractivity contribution < 1.29 is 23.8 Å². The Morgan fingerprint density at radius 3 is 2.53 bits per heavy atom. The number of nitrogens with zero attached hydrogens (tertiary/aromatic N) is 1. The summed E-state index contributed by atoms with van der Waals surface area (Å²) in [5.41, 5.74) is 2.87. The highest BCUT2D eigenvalue weighted by Crippen LogP contribution is 2.24. The number of β-amino-alcohol motifs (C(OH)–C–C–N with tert-alkyl or cyclic N) is 1. The number of Topliss-reactive ketones (excluding diaryl/α,β-unsaturated/α-hetero) is 1. The van der Waals surface area contributed by atoms with E-state index in [0.717, 1.165) is 55.8 Å². The summed E-state index contributed by atoms with van der Waals surface area (Å²) in [7, 11) is 1.67. The number of piperidine rings is 1. The number of carbonyl (C=O) groups excluding carboxylic acids is 1. The van der Waals surface area contributed by atoms with Gasteiger partial charge in [-0.1, -0.05) is 30.3 Å². The van der Waals surface area contributed by atoms with Crippen LogP contribution in [0.4, 0.5) is 4.39 Å². The van der Waals surface area contributed by atoms with E-state index in [4.69, 9.17) is 9.47 Å². The maximum absolute atomic E-state index is 13.1.